The number of carbonyl (C=O) groups excluding carboxylic acids is 1. The highest BCUT2D eigenvalue weighted by molar-refractivity contribution is 14.0. The van der Waals surface area contributed by atoms with Crippen LogP contribution in [-0.2, 0) is 11.3 Å². The molecule has 142 valence electrons. The number of rotatable bonds is 6. The highest BCUT2D eigenvalue weighted by Crippen LogP contribution is 2.06. The average Bonchev–Trinajstić information content (AvgIpc) is 2.49. The van der Waals surface area contributed by atoms with Crippen molar-refractivity contribution in [1.82, 2.24) is 20.9 Å². The summed E-state index contributed by atoms with van der Waals surface area (Å²) in [6, 6.07) is 3.95. The fourth-order valence-corrected chi connectivity index (χ4v) is 1.89. The van der Waals surface area contributed by atoms with Crippen molar-refractivity contribution in [2.75, 3.05) is 20.1 Å². The number of aromatic nitrogens is 1. The fraction of sp³-hybridized carbons (Fsp3) is 0.588. The van der Waals surface area contributed by atoms with Gasteiger partial charge in [-0.15, -0.1) is 24.0 Å². The number of hydrogen-bond acceptors (Lipinski definition) is 4. The summed E-state index contributed by atoms with van der Waals surface area (Å²) in [6.45, 7) is 9.40. The summed E-state index contributed by atoms with van der Waals surface area (Å²) in [4.78, 5) is 20.0. The Hall–Kier alpha value is -1.58. The number of pyridine rings is 1. The maximum absolute atomic E-state index is 11.5. The number of carbonyl (C=O) groups is 1. The number of aliphatic imine (C=N–C) groups is 1. The first-order valence-corrected chi connectivity index (χ1v) is 8.13. The Kier molecular flexibility index (Phi) is 11.1. The molecule has 0 saturated heterocycles. The van der Waals surface area contributed by atoms with Crippen LogP contribution in [-0.4, -0.2) is 42.8 Å². The second kappa shape index (κ2) is 11.9. The van der Waals surface area contributed by atoms with Crippen molar-refractivity contribution in [2.45, 2.75) is 46.3 Å². The monoisotopic (exact) mass is 463 g/mol. The van der Waals surface area contributed by atoms with E-state index in [0.29, 0.717) is 25.6 Å². The highest BCUT2D eigenvalue weighted by atomic mass is 127. The van der Waals surface area contributed by atoms with Crippen molar-refractivity contribution < 1.29 is 9.53 Å². The van der Waals surface area contributed by atoms with Gasteiger partial charge in [0.15, 0.2) is 5.96 Å². The predicted molar refractivity (Wildman–Crippen MR) is 111 cm³/mol. The van der Waals surface area contributed by atoms with E-state index in [1.165, 1.54) is 0 Å². The molecule has 0 radical (unpaired) electrons. The molecule has 0 spiro atoms. The normalized spacial score (nSPS) is 11.3. The smallest absolute Gasteiger partial charge is 0.407 e. The first-order valence-electron chi connectivity index (χ1n) is 8.13. The molecule has 1 heterocycles. The number of alkyl carbamates (subject to hydrolysis) is 1. The van der Waals surface area contributed by atoms with Crippen molar-refractivity contribution in [3.8, 4) is 0 Å². The lowest BCUT2D eigenvalue weighted by molar-refractivity contribution is 0.0527. The summed E-state index contributed by atoms with van der Waals surface area (Å²) in [5.41, 5.74) is 1.66. The van der Waals surface area contributed by atoms with Crippen LogP contribution < -0.4 is 16.0 Å². The minimum Gasteiger partial charge on any atom is -0.444 e. The van der Waals surface area contributed by atoms with Crippen LogP contribution >= 0.6 is 24.0 Å². The van der Waals surface area contributed by atoms with Gasteiger partial charge in [-0.3, -0.25) is 9.98 Å². The van der Waals surface area contributed by atoms with E-state index in [0.717, 1.165) is 17.7 Å². The van der Waals surface area contributed by atoms with Crippen molar-refractivity contribution in [3.05, 3.63) is 29.6 Å². The Labute approximate surface area is 167 Å². The molecule has 0 saturated carbocycles. The molecule has 0 bridgehead atoms. The van der Waals surface area contributed by atoms with Gasteiger partial charge in [0.05, 0.1) is 12.2 Å². The second-order valence-corrected chi connectivity index (χ2v) is 6.40. The Morgan fingerprint density at radius 3 is 2.52 bits per heavy atom. The Morgan fingerprint density at radius 2 is 1.92 bits per heavy atom. The van der Waals surface area contributed by atoms with Gasteiger partial charge in [0.25, 0.3) is 0 Å². The Morgan fingerprint density at radius 1 is 1.24 bits per heavy atom. The number of hydrogen-bond donors (Lipinski definition) is 3. The Balaban J connectivity index is 0.00000576. The third-order valence-electron chi connectivity index (χ3n) is 3.08. The van der Waals surface area contributed by atoms with Gasteiger partial charge in [0.1, 0.15) is 5.60 Å². The number of amides is 1. The van der Waals surface area contributed by atoms with E-state index in [-0.39, 0.29) is 24.0 Å². The lowest BCUT2D eigenvalue weighted by Gasteiger charge is -2.19. The highest BCUT2D eigenvalue weighted by Gasteiger charge is 2.15. The van der Waals surface area contributed by atoms with E-state index in [1.807, 2.05) is 39.8 Å². The van der Waals surface area contributed by atoms with E-state index in [1.54, 1.807) is 13.2 Å². The van der Waals surface area contributed by atoms with Crippen LogP contribution in [0.2, 0.25) is 0 Å². The third-order valence-corrected chi connectivity index (χ3v) is 3.08. The van der Waals surface area contributed by atoms with Gasteiger partial charge in [0.2, 0.25) is 0 Å². The zero-order valence-electron chi connectivity index (χ0n) is 15.7. The lowest BCUT2D eigenvalue weighted by atomic mass is 10.2. The van der Waals surface area contributed by atoms with Crippen molar-refractivity contribution in [3.63, 3.8) is 0 Å². The molecule has 0 aliphatic rings. The largest absolute Gasteiger partial charge is 0.444 e. The molecular weight excluding hydrogens is 433 g/mol. The molecule has 7 nitrogen and oxygen atoms in total. The number of ether oxygens (including phenoxy) is 1. The first-order chi connectivity index (χ1) is 11.3. The van der Waals surface area contributed by atoms with Crippen molar-refractivity contribution >= 4 is 36.0 Å². The zero-order valence-corrected chi connectivity index (χ0v) is 18.0. The molecule has 0 aromatic carbocycles. The standard InChI is InChI=1S/C17H29N5O2.HI/c1-13-8-6-9-19-14(13)12-22-15(18-5)20-10-7-11-21-16(23)24-17(2,3)4;/h6,8-9H,7,10-12H2,1-5H3,(H,21,23)(H2,18,20,22);1H. The van der Waals surface area contributed by atoms with Crippen LogP contribution in [0.1, 0.15) is 38.4 Å². The molecule has 1 aromatic rings. The van der Waals surface area contributed by atoms with Gasteiger partial charge in [0, 0.05) is 26.3 Å². The molecule has 0 aliphatic carbocycles. The van der Waals surface area contributed by atoms with Crippen LogP contribution in [0.25, 0.3) is 0 Å². The number of halogens is 1. The number of nitrogens with one attached hydrogen (secondary N) is 3. The van der Waals surface area contributed by atoms with Crippen LogP contribution in [0, 0.1) is 6.92 Å². The number of nitrogens with zero attached hydrogens (tertiary/aromatic N) is 2. The topological polar surface area (TPSA) is 87.6 Å². The molecular formula is C17H30IN5O2. The molecule has 0 atom stereocenters. The third kappa shape index (κ3) is 10.8. The maximum atomic E-state index is 11.5. The van der Waals surface area contributed by atoms with E-state index < -0.39 is 11.7 Å². The van der Waals surface area contributed by atoms with Crippen LogP contribution in [0.3, 0.4) is 0 Å². The first kappa shape index (κ1) is 23.4. The molecule has 3 N–H and O–H groups in total. The average molecular weight is 463 g/mol. The summed E-state index contributed by atoms with van der Waals surface area (Å²) in [6.07, 6.45) is 2.15. The molecule has 0 unspecified atom stereocenters. The molecule has 1 rings (SSSR count). The molecule has 1 amide bonds. The maximum Gasteiger partial charge on any atom is 0.407 e. The van der Waals surface area contributed by atoms with Crippen LogP contribution in [0.5, 0.6) is 0 Å². The van der Waals surface area contributed by atoms with E-state index in [2.05, 4.69) is 25.9 Å². The molecule has 25 heavy (non-hydrogen) atoms. The van der Waals surface area contributed by atoms with E-state index >= 15 is 0 Å². The van der Waals surface area contributed by atoms with Gasteiger partial charge in [-0.2, -0.15) is 0 Å². The second-order valence-electron chi connectivity index (χ2n) is 6.40. The van der Waals surface area contributed by atoms with Gasteiger partial charge in [-0.1, -0.05) is 6.07 Å². The van der Waals surface area contributed by atoms with Gasteiger partial charge < -0.3 is 20.7 Å². The summed E-state index contributed by atoms with van der Waals surface area (Å²) >= 11 is 0. The molecule has 0 fully saturated rings. The summed E-state index contributed by atoms with van der Waals surface area (Å²) in [7, 11) is 1.72. The van der Waals surface area contributed by atoms with Crippen molar-refractivity contribution in [2.24, 2.45) is 4.99 Å². The summed E-state index contributed by atoms with van der Waals surface area (Å²) in [5, 5.41) is 9.15. The fourth-order valence-electron chi connectivity index (χ4n) is 1.89. The van der Waals surface area contributed by atoms with E-state index in [4.69, 9.17) is 4.74 Å². The molecule has 8 heteroatoms. The number of guanidine groups is 1. The lowest BCUT2D eigenvalue weighted by Crippen LogP contribution is -2.39. The zero-order chi connectivity index (χ0) is 18.0. The van der Waals surface area contributed by atoms with Crippen LogP contribution in [0.4, 0.5) is 4.79 Å². The summed E-state index contributed by atoms with van der Waals surface area (Å²) < 4.78 is 5.17. The molecule has 1 aromatic heterocycles. The predicted octanol–water partition coefficient (Wildman–Crippen LogP) is 2.59. The minimum atomic E-state index is -0.474. The molecule has 0 aliphatic heterocycles. The van der Waals surface area contributed by atoms with Gasteiger partial charge in [-0.05, 0) is 45.7 Å². The number of aryl methyl sites for hydroxylation is 1. The quantitative estimate of drug-likeness (QED) is 0.261. The summed E-state index contributed by atoms with van der Waals surface area (Å²) in [5.74, 6) is 0.706. The minimum absolute atomic E-state index is 0. The van der Waals surface area contributed by atoms with Gasteiger partial charge >= 0.3 is 6.09 Å². The van der Waals surface area contributed by atoms with E-state index in [9.17, 15) is 4.79 Å². The Bertz CT molecular complexity index is 558. The van der Waals surface area contributed by atoms with Crippen LogP contribution in [0.15, 0.2) is 23.3 Å². The SMILES string of the molecule is CN=C(NCCCNC(=O)OC(C)(C)C)NCc1ncccc1C.I. The van der Waals surface area contributed by atoms with Crippen molar-refractivity contribution in [1.29, 1.82) is 0 Å². The van der Waals surface area contributed by atoms with Gasteiger partial charge in [-0.25, -0.2) is 4.79 Å².